The van der Waals surface area contributed by atoms with E-state index in [4.69, 9.17) is 5.73 Å². The van der Waals surface area contributed by atoms with Crippen molar-refractivity contribution in [3.63, 3.8) is 0 Å². The summed E-state index contributed by atoms with van der Waals surface area (Å²) < 4.78 is 30.7. The van der Waals surface area contributed by atoms with Crippen LogP contribution in [0.15, 0.2) is 0 Å². The van der Waals surface area contributed by atoms with Gasteiger partial charge in [0.2, 0.25) is 0 Å². The zero-order chi connectivity index (χ0) is 13.5. The van der Waals surface area contributed by atoms with E-state index >= 15 is 0 Å². The van der Waals surface area contributed by atoms with E-state index in [0.717, 1.165) is 4.31 Å². The minimum atomic E-state index is -3.90. The molecule has 0 aliphatic carbocycles. The minimum absolute atomic E-state index is 0.0976. The Balaban J connectivity index is 4.52. The van der Waals surface area contributed by atoms with Gasteiger partial charge in [-0.25, -0.2) is 9.52 Å². The molecular weight excluding hydrogens is 266 g/mol. The number of hydrogen-bond acceptors (Lipinski definition) is 5. The molecule has 0 unspecified atom stereocenters. The van der Waals surface area contributed by atoms with E-state index in [1.807, 2.05) is 0 Å². The third-order valence-corrected chi connectivity index (χ3v) is 3.54. The monoisotopic (exact) mass is 283 g/mol. The Morgan fingerprint density at radius 3 is 2.47 bits per heavy atom. The Morgan fingerprint density at radius 1 is 1.47 bits per heavy atom. The molecule has 7 nitrogen and oxygen atoms in total. The first kappa shape index (κ1) is 16.1. The number of nitrogens with two attached hydrogens (primary N) is 1. The summed E-state index contributed by atoms with van der Waals surface area (Å²) in [6.07, 6.45) is -0.742. The van der Waals surface area contributed by atoms with Crippen LogP contribution in [-0.4, -0.2) is 43.5 Å². The molecule has 17 heavy (non-hydrogen) atoms. The molecule has 100 valence electrons. The summed E-state index contributed by atoms with van der Waals surface area (Å²) in [5.74, 6) is 0. The number of rotatable bonds is 7. The average Bonchev–Trinajstić information content (AvgIpc) is 2.16. The fraction of sp³-hybridized carbons (Fsp3) is 0.750. The molecule has 0 heterocycles. The molecule has 0 fully saturated rings. The van der Waals surface area contributed by atoms with Crippen molar-refractivity contribution in [2.75, 3.05) is 19.7 Å². The lowest BCUT2D eigenvalue weighted by molar-refractivity contribution is 0.158. The summed E-state index contributed by atoms with van der Waals surface area (Å²) in [7, 11) is -3.90. The van der Waals surface area contributed by atoms with Gasteiger partial charge in [-0.2, -0.15) is 12.7 Å². The van der Waals surface area contributed by atoms with E-state index in [9.17, 15) is 13.2 Å². The summed E-state index contributed by atoms with van der Waals surface area (Å²) >= 11 is 4.66. The maximum absolute atomic E-state index is 11.7. The van der Waals surface area contributed by atoms with Gasteiger partial charge in [0.1, 0.15) is 0 Å². The second-order valence-electron chi connectivity index (χ2n) is 3.04. The average molecular weight is 283 g/mol. The molecule has 3 N–H and O–H groups in total. The van der Waals surface area contributed by atoms with Crippen molar-refractivity contribution in [3.05, 3.63) is 0 Å². The number of amides is 1. The Kier molecular flexibility index (Phi) is 7.00. The summed E-state index contributed by atoms with van der Waals surface area (Å²) in [6, 6.07) is 0. The van der Waals surface area contributed by atoms with E-state index in [0.29, 0.717) is 0 Å². The zero-order valence-corrected chi connectivity index (χ0v) is 11.4. The Bertz CT molecular complexity index is 369. The van der Waals surface area contributed by atoms with E-state index in [1.54, 1.807) is 18.6 Å². The van der Waals surface area contributed by atoms with E-state index < -0.39 is 16.3 Å². The fourth-order valence-electron chi connectivity index (χ4n) is 1.01. The highest BCUT2D eigenvalue weighted by molar-refractivity contribution is 7.87. The van der Waals surface area contributed by atoms with Gasteiger partial charge in [-0.3, -0.25) is 0 Å². The summed E-state index contributed by atoms with van der Waals surface area (Å²) in [4.78, 5) is 11.2. The highest BCUT2D eigenvalue weighted by Crippen LogP contribution is 2.00. The number of carbonyl (C=O) groups excluding carboxylic acids is 1. The number of nitrogens with one attached hydrogen (secondary N) is 1. The molecular formula is C8H17N3O4S2. The maximum atomic E-state index is 11.7. The second-order valence-corrected chi connectivity index (χ2v) is 5.23. The Labute approximate surface area is 106 Å². The first-order chi connectivity index (χ1) is 7.83. The van der Waals surface area contributed by atoms with Crippen molar-refractivity contribution in [1.82, 2.24) is 9.03 Å². The molecule has 0 radical (unpaired) electrons. The van der Waals surface area contributed by atoms with Crippen LogP contribution in [0.4, 0.5) is 4.79 Å². The number of ether oxygens (including phenoxy) is 1. The quantitative estimate of drug-likeness (QED) is 0.636. The maximum Gasteiger partial charge on any atom is 0.421 e. The largest absolute Gasteiger partial charge is 0.449 e. The highest BCUT2D eigenvalue weighted by Gasteiger charge is 2.23. The van der Waals surface area contributed by atoms with Crippen molar-refractivity contribution in [2.45, 2.75) is 20.3 Å². The van der Waals surface area contributed by atoms with Crippen LogP contribution in [0.25, 0.3) is 0 Å². The van der Waals surface area contributed by atoms with Crippen molar-refractivity contribution in [3.8, 4) is 0 Å². The van der Waals surface area contributed by atoms with Crippen LogP contribution in [-0.2, 0) is 14.9 Å². The summed E-state index contributed by atoms with van der Waals surface area (Å²) in [5, 5.41) is 0. The molecule has 0 saturated heterocycles. The molecule has 0 aromatic rings. The number of carbonyl (C=O) groups is 1. The molecule has 9 heteroatoms. The number of thiocarbonyl (C=S) groups is 1. The molecule has 0 saturated carbocycles. The second kappa shape index (κ2) is 7.41. The van der Waals surface area contributed by atoms with Crippen LogP contribution in [0.5, 0.6) is 0 Å². The normalized spacial score (nSPS) is 11.2. The van der Waals surface area contributed by atoms with Gasteiger partial charge in [0.15, 0.2) is 0 Å². The van der Waals surface area contributed by atoms with Crippen molar-refractivity contribution in [2.24, 2.45) is 5.73 Å². The first-order valence-corrected chi connectivity index (χ1v) is 6.91. The SMILES string of the molecule is CCOC(=O)NS(=O)(=O)N(CC)CCC(N)=S. The van der Waals surface area contributed by atoms with Crippen LogP contribution in [0.3, 0.4) is 0 Å². The lowest BCUT2D eigenvalue weighted by atomic mass is 10.4. The smallest absolute Gasteiger partial charge is 0.421 e. The van der Waals surface area contributed by atoms with Crippen molar-refractivity contribution >= 4 is 33.5 Å². The highest BCUT2D eigenvalue weighted by atomic mass is 32.2. The Hall–Kier alpha value is -0.930. The lowest BCUT2D eigenvalue weighted by Gasteiger charge is -2.19. The van der Waals surface area contributed by atoms with Crippen LogP contribution in [0, 0.1) is 0 Å². The fourth-order valence-corrected chi connectivity index (χ4v) is 2.18. The molecule has 0 rings (SSSR count). The summed E-state index contributed by atoms with van der Waals surface area (Å²) in [6.45, 7) is 3.65. The van der Waals surface area contributed by atoms with E-state index in [2.05, 4.69) is 17.0 Å². The topological polar surface area (TPSA) is 102 Å². The van der Waals surface area contributed by atoms with Gasteiger partial charge in [0.25, 0.3) is 0 Å². The van der Waals surface area contributed by atoms with Gasteiger partial charge in [-0.1, -0.05) is 19.1 Å². The molecule has 0 aromatic carbocycles. The van der Waals surface area contributed by atoms with Crippen molar-refractivity contribution in [1.29, 1.82) is 0 Å². The summed E-state index contributed by atoms with van der Waals surface area (Å²) in [5.41, 5.74) is 5.29. The number of hydrogen-bond donors (Lipinski definition) is 2. The Morgan fingerprint density at radius 2 is 2.06 bits per heavy atom. The van der Waals surface area contributed by atoms with E-state index in [1.165, 1.54) is 0 Å². The van der Waals surface area contributed by atoms with Gasteiger partial charge >= 0.3 is 16.3 Å². The predicted octanol–water partition coefficient (Wildman–Crippen LogP) is -0.0246. The van der Waals surface area contributed by atoms with Gasteiger partial charge in [0.05, 0.1) is 11.6 Å². The first-order valence-electron chi connectivity index (χ1n) is 5.06. The van der Waals surface area contributed by atoms with E-state index in [-0.39, 0.29) is 31.1 Å². The van der Waals surface area contributed by atoms with Crippen LogP contribution in [0.2, 0.25) is 0 Å². The third kappa shape index (κ3) is 6.39. The van der Waals surface area contributed by atoms with Gasteiger partial charge in [-0.05, 0) is 6.92 Å². The van der Waals surface area contributed by atoms with Gasteiger partial charge in [-0.15, -0.1) is 0 Å². The molecule has 0 aliphatic heterocycles. The zero-order valence-electron chi connectivity index (χ0n) is 9.80. The molecule has 0 aromatic heterocycles. The van der Waals surface area contributed by atoms with Crippen LogP contribution >= 0.6 is 12.2 Å². The third-order valence-electron chi connectivity index (χ3n) is 1.79. The molecule has 0 bridgehead atoms. The number of nitrogens with zero attached hydrogens (tertiary/aromatic N) is 1. The standard InChI is InChI=1S/C8H17N3O4S2/c1-3-11(6-5-7(9)16)17(13,14)10-8(12)15-4-2/h3-6H2,1-2H3,(H2,9,16)(H,10,12). The molecule has 0 spiro atoms. The van der Waals surface area contributed by atoms with Gasteiger partial charge < -0.3 is 10.5 Å². The molecule has 0 aliphatic rings. The molecule has 0 atom stereocenters. The van der Waals surface area contributed by atoms with Gasteiger partial charge in [0, 0.05) is 19.5 Å². The lowest BCUT2D eigenvalue weighted by Crippen LogP contribution is -2.44. The van der Waals surface area contributed by atoms with Crippen LogP contribution < -0.4 is 10.5 Å². The van der Waals surface area contributed by atoms with Crippen molar-refractivity contribution < 1.29 is 17.9 Å². The minimum Gasteiger partial charge on any atom is -0.449 e. The molecule has 1 amide bonds. The predicted molar refractivity (Wildman–Crippen MR) is 67.7 cm³/mol. The van der Waals surface area contributed by atoms with Crippen LogP contribution in [0.1, 0.15) is 20.3 Å².